The molecule has 0 aromatic heterocycles. The largest absolute Gasteiger partial charge is 0.513 e. The highest BCUT2D eigenvalue weighted by Gasteiger charge is 2.39. The monoisotopic (exact) mass is 359 g/mol. The first-order valence-corrected chi connectivity index (χ1v) is 8.20. The van der Waals surface area contributed by atoms with Crippen LogP contribution in [0.2, 0.25) is 5.02 Å². The number of allylic oxidation sites excluding steroid dienone is 2. The molecule has 6 nitrogen and oxygen atoms in total. The van der Waals surface area contributed by atoms with Crippen molar-refractivity contribution in [1.29, 1.82) is 10.5 Å². The van der Waals surface area contributed by atoms with Gasteiger partial charge in [0.05, 0.1) is 30.4 Å². The van der Waals surface area contributed by atoms with Gasteiger partial charge in [0.1, 0.15) is 12.4 Å². The molecule has 1 aliphatic heterocycles. The van der Waals surface area contributed by atoms with Crippen molar-refractivity contribution in [2.75, 3.05) is 6.61 Å². The molecule has 0 bridgehead atoms. The van der Waals surface area contributed by atoms with Gasteiger partial charge in [0.15, 0.2) is 0 Å². The maximum atomic E-state index is 11.9. The second kappa shape index (κ2) is 8.41. The second-order valence-corrected chi connectivity index (χ2v) is 6.09. The third-order valence-corrected chi connectivity index (χ3v) is 4.35. The van der Waals surface area contributed by atoms with Crippen molar-refractivity contribution < 1.29 is 14.3 Å². The van der Waals surface area contributed by atoms with Gasteiger partial charge >= 0.3 is 6.16 Å². The molecule has 0 saturated heterocycles. The van der Waals surface area contributed by atoms with Crippen LogP contribution in [-0.4, -0.2) is 18.8 Å². The average molecular weight is 360 g/mol. The first kappa shape index (κ1) is 18.6. The summed E-state index contributed by atoms with van der Waals surface area (Å²) in [5.41, 5.74) is 1.35. The SMILES string of the molecule is CC1=C(OC(=O)OCCC#N)C(c2ccccc2Cl)C(C#N)C(C)N1. The third kappa shape index (κ3) is 4.23. The predicted octanol–water partition coefficient (Wildman–Crippen LogP) is 3.85. The Morgan fingerprint density at radius 2 is 2.08 bits per heavy atom. The van der Waals surface area contributed by atoms with E-state index in [4.69, 9.17) is 26.3 Å². The first-order chi connectivity index (χ1) is 12.0. The normalized spacial score (nSPS) is 22.4. The van der Waals surface area contributed by atoms with Gasteiger partial charge in [-0.25, -0.2) is 4.79 Å². The first-order valence-electron chi connectivity index (χ1n) is 7.82. The van der Waals surface area contributed by atoms with Crippen LogP contribution in [0.1, 0.15) is 31.7 Å². The molecule has 0 aliphatic carbocycles. The highest BCUT2D eigenvalue weighted by molar-refractivity contribution is 6.31. The van der Waals surface area contributed by atoms with Crippen molar-refractivity contribution in [2.45, 2.75) is 32.2 Å². The number of ether oxygens (including phenoxy) is 2. The van der Waals surface area contributed by atoms with Gasteiger partial charge in [-0.05, 0) is 25.5 Å². The molecule has 1 N–H and O–H groups in total. The molecule has 130 valence electrons. The molecule has 1 aromatic carbocycles. The summed E-state index contributed by atoms with van der Waals surface area (Å²) in [5, 5.41) is 21.8. The number of nitrogens with one attached hydrogen (secondary N) is 1. The molecule has 1 aliphatic rings. The van der Waals surface area contributed by atoms with E-state index in [0.29, 0.717) is 22.0 Å². The van der Waals surface area contributed by atoms with Gasteiger partial charge in [-0.3, -0.25) is 0 Å². The number of carbonyl (C=O) groups is 1. The van der Waals surface area contributed by atoms with E-state index in [1.54, 1.807) is 19.1 Å². The smallest absolute Gasteiger partial charge is 0.433 e. The number of carbonyl (C=O) groups excluding carboxylic acids is 1. The van der Waals surface area contributed by atoms with Crippen molar-refractivity contribution in [1.82, 2.24) is 5.32 Å². The number of rotatable bonds is 4. The summed E-state index contributed by atoms with van der Waals surface area (Å²) in [6, 6.07) is 11.2. The summed E-state index contributed by atoms with van der Waals surface area (Å²) in [7, 11) is 0. The van der Waals surface area contributed by atoms with Crippen molar-refractivity contribution in [3.8, 4) is 12.1 Å². The van der Waals surface area contributed by atoms with Gasteiger partial charge in [0, 0.05) is 16.8 Å². The summed E-state index contributed by atoms with van der Waals surface area (Å²) in [6.07, 6.45) is -0.827. The summed E-state index contributed by atoms with van der Waals surface area (Å²) in [6.45, 7) is 3.61. The molecule has 2 rings (SSSR count). The molecule has 0 spiro atoms. The van der Waals surface area contributed by atoms with E-state index in [1.807, 2.05) is 25.1 Å². The van der Waals surface area contributed by atoms with Crippen LogP contribution in [0.5, 0.6) is 0 Å². The van der Waals surface area contributed by atoms with Gasteiger partial charge in [-0.15, -0.1) is 0 Å². The van der Waals surface area contributed by atoms with Crippen LogP contribution in [0.4, 0.5) is 4.79 Å². The van der Waals surface area contributed by atoms with Crippen molar-refractivity contribution >= 4 is 17.8 Å². The zero-order valence-corrected chi connectivity index (χ0v) is 14.7. The Balaban J connectivity index is 2.37. The Morgan fingerprint density at radius 3 is 2.72 bits per heavy atom. The van der Waals surface area contributed by atoms with Gasteiger partial charge < -0.3 is 14.8 Å². The maximum Gasteiger partial charge on any atom is 0.513 e. The average Bonchev–Trinajstić information content (AvgIpc) is 2.58. The predicted molar refractivity (Wildman–Crippen MR) is 91.3 cm³/mol. The molecule has 3 atom stereocenters. The molecule has 0 saturated carbocycles. The van der Waals surface area contributed by atoms with Crippen molar-refractivity contribution in [3.05, 3.63) is 46.3 Å². The quantitative estimate of drug-likeness (QED) is 0.648. The van der Waals surface area contributed by atoms with Gasteiger partial charge in [-0.2, -0.15) is 10.5 Å². The Labute approximate surface area is 151 Å². The fourth-order valence-corrected chi connectivity index (χ4v) is 3.13. The molecule has 0 fully saturated rings. The van der Waals surface area contributed by atoms with Crippen LogP contribution in [0.15, 0.2) is 35.7 Å². The lowest BCUT2D eigenvalue weighted by atomic mass is 9.78. The van der Waals surface area contributed by atoms with E-state index in [1.165, 1.54) is 0 Å². The summed E-state index contributed by atoms with van der Waals surface area (Å²) in [4.78, 5) is 11.9. The van der Waals surface area contributed by atoms with Crippen LogP contribution in [0.3, 0.4) is 0 Å². The number of benzene rings is 1. The van der Waals surface area contributed by atoms with E-state index >= 15 is 0 Å². The molecular weight excluding hydrogens is 342 g/mol. The minimum absolute atomic E-state index is 0.0517. The number of hydrogen-bond acceptors (Lipinski definition) is 6. The molecule has 7 heteroatoms. The van der Waals surface area contributed by atoms with Crippen molar-refractivity contribution in [2.24, 2.45) is 5.92 Å². The van der Waals surface area contributed by atoms with Crippen LogP contribution < -0.4 is 5.32 Å². The zero-order valence-electron chi connectivity index (χ0n) is 14.0. The van der Waals surface area contributed by atoms with Crippen molar-refractivity contribution in [3.63, 3.8) is 0 Å². The third-order valence-electron chi connectivity index (χ3n) is 4.01. The van der Waals surface area contributed by atoms with Crippen LogP contribution in [-0.2, 0) is 9.47 Å². The molecule has 1 heterocycles. The Kier molecular flexibility index (Phi) is 6.27. The van der Waals surface area contributed by atoms with E-state index in [2.05, 4.69) is 11.4 Å². The molecule has 1 aromatic rings. The Morgan fingerprint density at radius 1 is 1.36 bits per heavy atom. The number of nitrogens with zero attached hydrogens (tertiary/aromatic N) is 2. The van der Waals surface area contributed by atoms with E-state index in [-0.39, 0.29) is 19.1 Å². The van der Waals surface area contributed by atoms with E-state index in [0.717, 1.165) is 0 Å². The van der Waals surface area contributed by atoms with Crippen LogP contribution in [0.25, 0.3) is 0 Å². The lowest BCUT2D eigenvalue weighted by Crippen LogP contribution is -2.42. The zero-order chi connectivity index (χ0) is 18.4. The lowest BCUT2D eigenvalue weighted by Gasteiger charge is -2.36. The van der Waals surface area contributed by atoms with Crippen LogP contribution >= 0.6 is 11.6 Å². The molecule has 0 radical (unpaired) electrons. The standard InChI is InChI=1S/C18H18ClN3O3/c1-11-14(10-21)16(13-6-3-4-7-15(13)19)17(12(2)22-11)25-18(23)24-9-5-8-20/h3-4,6-7,11,14,16,22H,5,9H2,1-2H3. The molecule has 3 unspecified atom stereocenters. The molecular formula is C18H18ClN3O3. The minimum Gasteiger partial charge on any atom is -0.433 e. The highest BCUT2D eigenvalue weighted by atomic mass is 35.5. The summed E-state index contributed by atoms with van der Waals surface area (Å²) < 4.78 is 10.3. The van der Waals surface area contributed by atoms with Gasteiger partial charge in [0.25, 0.3) is 0 Å². The second-order valence-electron chi connectivity index (χ2n) is 5.68. The summed E-state index contributed by atoms with van der Waals surface area (Å²) in [5.74, 6) is -0.677. The maximum absolute atomic E-state index is 11.9. The van der Waals surface area contributed by atoms with E-state index in [9.17, 15) is 10.1 Å². The molecule has 25 heavy (non-hydrogen) atoms. The minimum atomic E-state index is -0.908. The highest BCUT2D eigenvalue weighted by Crippen LogP contribution is 2.41. The topological polar surface area (TPSA) is 95.1 Å². The van der Waals surface area contributed by atoms with E-state index < -0.39 is 18.0 Å². The van der Waals surface area contributed by atoms with Gasteiger partial charge in [-0.1, -0.05) is 29.8 Å². The Bertz CT molecular complexity index is 764. The number of halogens is 1. The Hall–Kier alpha value is -2.70. The van der Waals surface area contributed by atoms with Gasteiger partial charge in [0.2, 0.25) is 0 Å². The number of nitriles is 2. The lowest BCUT2D eigenvalue weighted by molar-refractivity contribution is 0.0692. The summed E-state index contributed by atoms with van der Waals surface area (Å²) >= 11 is 6.32. The fraction of sp³-hybridized carbons (Fsp3) is 0.389. The molecule has 0 amide bonds. The fourth-order valence-electron chi connectivity index (χ4n) is 2.88. The van der Waals surface area contributed by atoms with Crippen LogP contribution in [0, 0.1) is 28.6 Å². The number of hydrogen-bond donors (Lipinski definition) is 1.